The molecule has 0 fully saturated rings. The molecule has 0 saturated heterocycles. The molecule has 0 unspecified atom stereocenters. The zero-order chi connectivity index (χ0) is 6.41. The summed E-state index contributed by atoms with van der Waals surface area (Å²) in [6, 6.07) is 0. The highest BCUT2D eigenvalue weighted by Gasteiger charge is 1.95. The molecule has 0 spiro atoms. The summed E-state index contributed by atoms with van der Waals surface area (Å²) in [7, 11) is 9.81. The van der Waals surface area contributed by atoms with Crippen LogP contribution >= 0.6 is 18.1 Å². The predicted molar refractivity (Wildman–Crippen MR) is 40.1 cm³/mol. The molecule has 0 nitrogen and oxygen atoms in total. The lowest BCUT2D eigenvalue weighted by molar-refractivity contribution is 1.06. The first-order chi connectivity index (χ1) is 3.81. The molecule has 0 atom stereocenters. The van der Waals surface area contributed by atoms with Crippen molar-refractivity contribution in [3.8, 4) is 0 Å². The average Bonchev–Trinajstić information content (AvgIpc) is 1.64. The van der Waals surface area contributed by atoms with E-state index in [1.54, 1.807) is 0 Å². The number of rotatable bonds is 0. The van der Waals surface area contributed by atoms with E-state index in [2.05, 4.69) is 19.4 Å². The summed E-state index contributed by atoms with van der Waals surface area (Å²) in [5.74, 6) is 0. The van der Waals surface area contributed by atoms with Gasteiger partial charge in [-0.15, -0.1) is 0 Å². The fraction of sp³-hybridized carbons (Fsp3) is 0.400. The highest BCUT2D eigenvalue weighted by molar-refractivity contribution is 7.22. The molecule has 43 valence electrons. The van der Waals surface area contributed by atoms with Gasteiger partial charge in [-0.3, -0.25) is 0 Å². The third kappa shape index (κ3) is 5.23. The Morgan fingerprint density at radius 1 is 1.62 bits per heavy atom. The normalized spacial score (nSPS) is 14.1. The minimum atomic E-state index is -0.639. The highest BCUT2D eigenvalue weighted by Crippen LogP contribution is 2.13. The van der Waals surface area contributed by atoms with Gasteiger partial charge in [0.05, 0.1) is 0 Å². The van der Waals surface area contributed by atoms with Crippen molar-refractivity contribution in [2.45, 2.75) is 13.3 Å². The van der Waals surface area contributed by atoms with Gasteiger partial charge in [-0.25, -0.2) is 0 Å². The third-order valence-electron chi connectivity index (χ3n) is 0.842. The molecule has 0 amide bonds. The van der Waals surface area contributed by atoms with Crippen LogP contribution in [0.1, 0.15) is 13.3 Å². The van der Waals surface area contributed by atoms with E-state index in [1.165, 1.54) is 12.0 Å². The van der Waals surface area contributed by atoms with Gasteiger partial charge in [-0.05, 0) is 19.8 Å². The quantitative estimate of drug-likeness (QED) is 0.480. The molecular formula is C5H7Cl2Mg. The molecule has 0 aromatic carbocycles. The van der Waals surface area contributed by atoms with Crippen molar-refractivity contribution in [1.82, 2.24) is 0 Å². The van der Waals surface area contributed by atoms with Crippen LogP contribution in [-0.2, 0) is 0 Å². The highest BCUT2D eigenvalue weighted by atomic mass is 35.6. The topological polar surface area (TPSA) is 0 Å². The van der Waals surface area contributed by atoms with Crippen LogP contribution < -0.4 is 0 Å². The summed E-state index contributed by atoms with van der Waals surface area (Å²) in [5, 5.41) is 0. The van der Waals surface area contributed by atoms with Crippen molar-refractivity contribution in [3.05, 3.63) is 18.1 Å². The second-order valence-electron chi connectivity index (χ2n) is 1.55. The second-order valence-corrected chi connectivity index (χ2v) is 4.18. The van der Waals surface area contributed by atoms with Crippen LogP contribution in [0.4, 0.5) is 0 Å². The Bertz CT molecular complexity index is 80.5. The van der Waals surface area contributed by atoms with Gasteiger partial charge < -0.3 is 18.1 Å². The number of allylic oxidation sites excluding steroid dienone is 2. The fourth-order valence-electron chi connectivity index (χ4n) is 0.354. The van der Waals surface area contributed by atoms with Crippen molar-refractivity contribution in [2.24, 2.45) is 0 Å². The Morgan fingerprint density at radius 2 is 1.88 bits per heavy atom. The lowest BCUT2D eigenvalue weighted by Crippen LogP contribution is -1.86. The van der Waals surface area contributed by atoms with E-state index in [0.29, 0.717) is 0 Å². The Kier molecular flexibility index (Phi) is 7.05. The lowest BCUT2D eigenvalue weighted by Gasteiger charge is -2.04. The van der Waals surface area contributed by atoms with E-state index in [4.69, 9.17) is 18.1 Å². The summed E-state index contributed by atoms with van der Waals surface area (Å²) >= 11 is -0.639. The molecule has 0 heterocycles. The van der Waals surface area contributed by atoms with Gasteiger partial charge in [0, 0.05) is 0 Å². The maximum Gasteiger partial charge on any atom is 0.618 e. The van der Waals surface area contributed by atoms with E-state index in [1.807, 2.05) is 0 Å². The summed E-state index contributed by atoms with van der Waals surface area (Å²) in [6.45, 7) is 2.14. The van der Waals surface area contributed by atoms with Gasteiger partial charge in [0.15, 0.2) is 0 Å². The number of hydrogen-bond acceptors (Lipinski definition) is 0. The van der Waals surface area contributed by atoms with Crippen LogP contribution in [0.5, 0.6) is 0 Å². The molecule has 0 bridgehead atoms. The first-order valence-corrected chi connectivity index (χ1v) is 6.69. The molecule has 0 N–H and O–H groups in total. The van der Waals surface area contributed by atoms with E-state index < -0.39 is 18.2 Å². The van der Waals surface area contributed by atoms with Crippen molar-refractivity contribution in [3.63, 3.8) is 0 Å². The minimum absolute atomic E-state index is 0.639. The van der Waals surface area contributed by atoms with Gasteiger partial charge in [0.1, 0.15) is 0 Å². The maximum atomic E-state index is 4.90. The predicted octanol–water partition coefficient (Wildman–Crippen LogP) is 2.54. The van der Waals surface area contributed by atoms with Crippen LogP contribution in [0.2, 0.25) is 0 Å². The van der Waals surface area contributed by atoms with Gasteiger partial charge in [0.25, 0.3) is 0 Å². The smallest absolute Gasteiger partial charge is 0.309 e. The fourth-order valence-corrected chi connectivity index (χ4v) is 0.354. The minimum Gasteiger partial charge on any atom is -0.309 e. The van der Waals surface area contributed by atoms with Crippen molar-refractivity contribution in [1.29, 1.82) is 0 Å². The average molecular weight is 162 g/mol. The largest absolute Gasteiger partial charge is 0.618 e. The summed E-state index contributed by atoms with van der Waals surface area (Å²) in [6.07, 6.45) is 5.52. The van der Waals surface area contributed by atoms with Crippen LogP contribution in [0, 0.1) is 6.42 Å². The molecular weight excluding hydrogens is 155 g/mol. The number of hydrogen-bond donors (Lipinski definition) is 0. The Balaban J connectivity index is 0.000000145. The van der Waals surface area contributed by atoms with E-state index in [-0.39, 0.29) is 0 Å². The first-order valence-electron chi connectivity index (χ1n) is 2.42. The SMILES string of the molecule is CC1=C[CH]C1.[Cl][Mg][Cl]. The maximum absolute atomic E-state index is 4.90. The molecule has 0 aromatic rings. The van der Waals surface area contributed by atoms with Gasteiger partial charge >= 0.3 is 18.2 Å². The van der Waals surface area contributed by atoms with Crippen LogP contribution in [-0.4, -0.2) is 18.2 Å². The van der Waals surface area contributed by atoms with Gasteiger partial charge in [0.2, 0.25) is 0 Å². The van der Waals surface area contributed by atoms with Crippen molar-refractivity contribution >= 4 is 36.3 Å². The molecule has 8 heavy (non-hydrogen) atoms. The van der Waals surface area contributed by atoms with Gasteiger partial charge in [-0.2, -0.15) is 0 Å². The Hall–Kier alpha value is 1.09. The van der Waals surface area contributed by atoms with E-state index in [0.717, 1.165) is 0 Å². The van der Waals surface area contributed by atoms with Crippen molar-refractivity contribution in [2.75, 3.05) is 0 Å². The molecule has 0 aromatic heterocycles. The molecule has 1 radical (unpaired) electrons. The zero-order valence-electron chi connectivity index (χ0n) is 4.82. The van der Waals surface area contributed by atoms with E-state index in [9.17, 15) is 0 Å². The molecule has 1 aliphatic rings. The summed E-state index contributed by atoms with van der Waals surface area (Å²) < 4.78 is 0. The first kappa shape index (κ1) is 9.09. The molecule has 1 rings (SSSR count). The molecule has 0 aliphatic heterocycles. The zero-order valence-corrected chi connectivity index (χ0v) is 7.75. The van der Waals surface area contributed by atoms with Crippen molar-refractivity contribution < 1.29 is 0 Å². The van der Waals surface area contributed by atoms with E-state index >= 15 is 0 Å². The molecule has 0 saturated carbocycles. The Morgan fingerprint density at radius 3 is 1.88 bits per heavy atom. The second kappa shape index (κ2) is 6.21. The van der Waals surface area contributed by atoms with Crippen LogP contribution in [0.3, 0.4) is 0 Å². The summed E-state index contributed by atoms with van der Waals surface area (Å²) in [4.78, 5) is 0. The lowest BCUT2D eigenvalue weighted by atomic mass is 10.0. The monoisotopic (exact) mass is 161 g/mol. The molecule has 3 heteroatoms. The third-order valence-corrected chi connectivity index (χ3v) is 0.842. The Labute approximate surface area is 67.5 Å². The summed E-state index contributed by atoms with van der Waals surface area (Å²) in [5.41, 5.74) is 1.50. The van der Waals surface area contributed by atoms with Gasteiger partial charge in [-0.1, -0.05) is 11.6 Å². The standard InChI is InChI=1S/C5H7.2ClH.Mg/c1-5-3-2-4-5;;;/h2-3H,4H2,1H3;2*1H;/q;;;+2/p-2. The number of halogens is 2. The van der Waals surface area contributed by atoms with Crippen LogP contribution in [0.15, 0.2) is 11.6 Å². The van der Waals surface area contributed by atoms with Crippen LogP contribution in [0.25, 0.3) is 0 Å². The molecule has 1 aliphatic carbocycles.